The number of hydrogen-bond donors (Lipinski definition) is 2. The molecular weight excluding hydrogens is 142 g/mol. The van der Waals surface area contributed by atoms with Crippen LogP contribution in [0.15, 0.2) is 0 Å². The zero-order valence-electron chi connectivity index (χ0n) is 6.63. The third kappa shape index (κ3) is 5.43. The Bertz CT molecular complexity index is 178. The van der Waals surface area contributed by atoms with Gasteiger partial charge in [-0.1, -0.05) is 6.92 Å². The second-order valence-corrected chi connectivity index (χ2v) is 2.25. The molecule has 0 saturated heterocycles. The van der Waals surface area contributed by atoms with E-state index < -0.39 is 12.0 Å². The molecule has 3 nitrogen and oxygen atoms in total. The number of aliphatic carboxylic acids is 1. The molecule has 0 rings (SSSR count). The normalized spacial score (nSPS) is 11.5. The quantitative estimate of drug-likeness (QED) is 0.586. The Labute approximate surface area is 66.6 Å². The van der Waals surface area contributed by atoms with Crippen molar-refractivity contribution in [2.24, 2.45) is 5.73 Å². The van der Waals surface area contributed by atoms with Gasteiger partial charge in [0.15, 0.2) is 0 Å². The molecule has 0 aliphatic rings. The van der Waals surface area contributed by atoms with Crippen LogP contribution in [0, 0.1) is 11.8 Å². The number of carboxylic acid groups (broad SMARTS) is 1. The van der Waals surface area contributed by atoms with Gasteiger partial charge in [-0.3, -0.25) is 4.79 Å². The number of carbonyl (C=O) groups is 1. The minimum atomic E-state index is -0.990. The van der Waals surface area contributed by atoms with Gasteiger partial charge in [-0.25, -0.2) is 0 Å². The van der Waals surface area contributed by atoms with Gasteiger partial charge < -0.3 is 10.8 Å². The Morgan fingerprint density at radius 2 is 2.27 bits per heavy atom. The van der Waals surface area contributed by atoms with Crippen LogP contribution in [0.4, 0.5) is 0 Å². The molecule has 3 heteroatoms. The predicted molar refractivity (Wildman–Crippen MR) is 42.9 cm³/mol. The van der Waals surface area contributed by atoms with Crippen LogP contribution < -0.4 is 5.73 Å². The van der Waals surface area contributed by atoms with Crippen LogP contribution in [0.3, 0.4) is 0 Å². The van der Waals surface area contributed by atoms with Crippen molar-refractivity contribution < 1.29 is 9.90 Å². The van der Waals surface area contributed by atoms with Gasteiger partial charge in [0.25, 0.3) is 0 Å². The van der Waals surface area contributed by atoms with Crippen molar-refractivity contribution in [2.75, 3.05) is 0 Å². The molecule has 1 atom stereocenters. The van der Waals surface area contributed by atoms with Gasteiger partial charge in [-0.2, -0.15) is 0 Å². The Morgan fingerprint density at radius 1 is 1.64 bits per heavy atom. The number of carboxylic acids is 1. The molecule has 1 unspecified atom stereocenters. The molecule has 0 aliphatic carbocycles. The van der Waals surface area contributed by atoms with E-state index in [1.54, 1.807) is 0 Å². The van der Waals surface area contributed by atoms with Crippen LogP contribution in [0.2, 0.25) is 0 Å². The molecule has 0 heterocycles. The van der Waals surface area contributed by atoms with Gasteiger partial charge in [0.1, 0.15) is 6.04 Å². The highest BCUT2D eigenvalue weighted by molar-refractivity contribution is 5.73. The fraction of sp³-hybridized carbons (Fsp3) is 0.625. The molecule has 0 aromatic carbocycles. The van der Waals surface area contributed by atoms with Crippen LogP contribution in [-0.2, 0) is 4.79 Å². The second kappa shape index (κ2) is 5.75. The molecule has 0 amide bonds. The van der Waals surface area contributed by atoms with Gasteiger partial charge >= 0.3 is 5.97 Å². The summed E-state index contributed by atoms with van der Waals surface area (Å²) in [7, 11) is 0. The van der Waals surface area contributed by atoms with E-state index in [2.05, 4.69) is 11.8 Å². The van der Waals surface area contributed by atoms with Crippen molar-refractivity contribution in [1.82, 2.24) is 0 Å². The van der Waals surface area contributed by atoms with Crippen molar-refractivity contribution in [3.05, 3.63) is 0 Å². The molecule has 3 N–H and O–H groups in total. The summed E-state index contributed by atoms with van der Waals surface area (Å²) in [5, 5.41) is 8.35. The number of rotatable bonds is 3. The maximum absolute atomic E-state index is 10.2. The highest BCUT2D eigenvalue weighted by Crippen LogP contribution is 1.87. The summed E-state index contributed by atoms with van der Waals surface area (Å²) < 4.78 is 0. The van der Waals surface area contributed by atoms with Gasteiger partial charge in [-0.15, -0.1) is 11.8 Å². The summed E-state index contributed by atoms with van der Waals surface area (Å²) in [6.45, 7) is 2.02. The molecule has 0 bridgehead atoms. The van der Waals surface area contributed by atoms with Gasteiger partial charge in [0.2, 0.25) is 0 Å². The average Bonchev–Trinajstić information content (AvgIpc) is 1.97. The van der Waals surface area contributed by atoms with Gasteiger partial charge in [0, 0.05) is 12.8 Å². The Hall–Kier alpha value is -1.01. The summed E-state index contributed by atoms with van der Waals surface area (Å²) in [4.78, 5) is 10.2. The molecular formula is C8H13NO2. The molecule has 0 aromatic heterocycles. The van der Waals surface area contributed by atoms with Crippen molar-refractivity contribution in [3.63, 3.8) is 0 Å². The lowest BCUT2D eigenvalue weighted by atomic mass is 10.2. The van der Waals surface area contributed by atoms with Crippen LogP contribution in [0.1, 0.15) is 26.2 Å². The van der Waals surface area contributed by atoms with Crippen LogP contribution in [-0.4, -0.2) is 17.1 Å². The van der Waals surface area contributed by atoms with Crippen molar-refractivity contribution in [1.29, 1.82) is 0 Å². The average molecular weight is 155 g/mol. The maximum Gasteiger partial charge on any atom is 0.321 e. The van der Waals surface area contributed by atoms with Crippen LogP contribution >= 0.6 is 0 Å². The third-order valence-electron chi connectivity index (χ3n) is 1.14. The smallest absolute Gasteiger partial charge is 0.321 e. The zero-order chi connectivity index (χ0) is 8.69. The zero-order valence-corrected chi connectivity index (χ0v) is 6.63. The predicted octanol–water partition coefficient (Wildman–Crippen LogP) is 0.592. The summed E-state index contributed by atoms with van der Waals surface area (Å²) in [5.74, 6) is 4.55. The SMILES string of the molecule is CCCC#CCC(N)C(=O)O. The molecule has 62 valence electrons. The van der Waals surface area contributed by atoms with E-state index in [9.17, 15) is 4.79 Å². The molecule has 0 fully saturated rings. The lowest BCUT2D eigenvalue weighted by Crippen LogP contribution is -2.29. The molecule has 0 aromatic rings. The van der Waals surface area contributed by atoms with Gasteiger partial charge in [-0.05, 0) is 6.42 Å². The van der Waals surface area contributed by atoms with Gasteiger partial charge in [0.05, 0.1) is 0 Å². The summed E-state index contributed by atoms with van der Waals surface area (Å²) in [6, 6.07) is -0.834. The van der Waals surface area contributed by atoms with E-state index in [0.29, 0.717) is 0 Å². The van der Waals surface area contributed by atoms with E-state index >= 15 is 0 Å². The minimum absolute atomic E-state index is 0.245. The summed E-state index contributed by atoms with van der Waals surface area (Å²) in [6.07, 6.45) is 2.05. The summed E-state index contributed by atoms with van der Waals surface area (Å²) >= 11 is 0. The maximum atomic E-state index is 10.2. The lowest BCUT2D eigenvalue weighted by molar-refractivity contribution is -0.138. The molecule has 0 spiro atoms. The van der Waals surface area contributed by atoms with Crippen LogP contribution in [0.25, 0.3) is 0 Å². The van der Waals surface area contributed by atoms with E-state index in [4.69, 9.17) is 10.8 Å². The van der Waals surface area contributed by atoms with E-state index in [-0.39, 0.29) is 6.42 Å². The third-order valence-corrected chi connectivity index (χ3v) is 1.14. The first-order valence-corrected chi connectivity index (χ1v) is 3.62. The highest BCUT2D eigenvalue weighted by Gasteiger charge is 2.07. The van der Waals surface area contributed by atoms with Crippen LogP contribution in [0.5, 0.6) is 0 Å². The Kier molecular flexibility index (Phi) is 5.22. The lowest BCUT2D eigenvalue weighted by Gasteiger charge is -1.97. The van der Waals surface area contributed by atoms with E-state index in [0.717, 1.165) is 12.8 Å². The number of unbranched alkanes of at least 4 members (excludes halogenated alkanes) is 1. The first-order valence-electron chi connectivity index (χ1n) is 3.62. The first-order chi connectivity index (χ1) is 5.18. The molecule has 11 heavy (non-hydrogen) atoms. The molecule has 0 saturated carbocycles. The largest absolute Gasteiger partial charge is 0.480 e. The Balaban J connectivity index is 3.55. The number of hydrogen-bond acceptors (Lipinski definition) is 2. The first kappa shape index (κ1) is 9.99. The van der Waals surface area contributed by atoms with E-state index in [1.807, 2.05) is 6.92 Å². The second-order valence-electron chi connectivity index (χ2n) is 2.25. The highest BCUT2D eigenvalue weighted by atomic mass is 16.4. The molecule has 0 aliphatic heterocycles. The monoisotopic (exact) mass is 155 g/mol. The van der Waals surface area contributed by atoms with Crippen molar-refractivity contribution in [2.45, 2.75) is 32.2 Å². The fourth-order valence-electron chi connectivity index (χ4n) is 0.483. The topological polar surface area (TPSA) is 63.3 Å². The Morgan fingerprint density at radius 3 is 2.73 bits per heavy atom. The van der Waals surface area contributed by atoms with Crippen molar-refractivity contribution >= 4 is 5.97 Å². The van der Waals surface area contributed by atoms with Crippen molar-refractivity contribution in [3.8, 4) is 11.8 Å². The fourth-order valence-corrected chi connectivity index (χ4v) is 0.483. The number of nitrogens with two attached hydrogens (primary N) is 1. The summed E-state index contributed by atoms with van der Waals surface area (Å²) in [5.41, 5.74) is 5.20. The van der Waals surface area contributed by atoms with E-state index in [1.165, 1.54) is 0 Å². The molecule has 0 radical (unpaired) electrons. The standard InChI is InChI=1S/C8H13NO2/c1-2-3-4-5-6-7(9)8(10)11/h7H,2-3,6,9H2,1H3,(H,10,11). The minimum Gasteiger partial charge on any atom is -0.480 e.